The lowest BCUT2D eigenvalue weighted by atomic mass is 9.75. The van der Waals surface area contributed by atoms with Gasteiger partial charge in [-0.25, -0.2) is 34.6 Å². The lowest BCUT2D eigenvalue weighted by Crippen LogP contribution is -2.52. The first-order valence-electron chi connectivity index (χ1n) is 19.7. The Balaban J connectivity index is 0.940. The van der Waals surface area contributed by atoms with Crippen LogP contribution in [-0.4, -0.2) is 58.6 Å². The fourth-order valence-corrected chi connectivity index (χ4v) is 8.28. The number of ether oxygens (including phenoxy) is 1. The van der Waals surface area contributed by atoms with Crippen LogP contribution in [0.1, 0.15) is 70.6 Å². The number of urea groups is 1. The zero-order chi connectivity index (χ0) is 40.1. The molecule has 2 unspecified atom stereocenters. The summed E-state index contributed by atoms with van der Waals surface area (Å²) in [5.74, 6) is 0.859. The van der Waals surface area contributed by atoms with Crippen LogP contribution >= 0.6 is 0 Å². The number of hydrogen-bond donors (Lipinski definition) is 1. The van der Waals surface area contributed by atoms with Crippen molar-refractivity contribution in [3.8, 4) is 5.88 Å². The molecule has 59 heavy (non-hydrogen) atoms. The number of nitrogens with zero attached hydrogens (tertiary/aromatic N) is 8. The molecule has 2 saturated carbocycles. The second-order valence-corrected chi connectivity index (χ2v) is 15.3. The zero-order valence-corrected chi connectivity index (χ0v) is 32.2. The van der Waals surface area contributed by atoms with Crippen LogP contribution in [0, 0.1) is 12.8 Å². The van der Waals surface area contributed by atoms with Gasteiger partial charge in [0.05, 0.1) is 11.4 Å². The van der Waals surface area contributed by atoms with E-state index in [0.717, 1.165) is 40.8 Å². The van der Waals surface area contributed by atoms with Gasteiger partial charge in [0.2, 0.25) is 11.8 Å². The Labute approximate surface area is 339 Å². The van der Waals surface area contributed by atoms with Gasteiger partial charge < -0.3 is 14.5 Å². The van der Waals surface area contributed by atoms with E-state index in [1.54, 1.807) is 17.2 Å². The third kappa shape index (κ3) is 6.63. The highest BCUT2D eigenvalue weighted by molar-refractivity contribution is 6.15. The maximum absolute atomic E-state index is 15.1. The number of hydrogen-bond acceptors (Lipinski definition) is 9. The van der Waals surface area contributed by atoms with Crippen LogP contribution in [0.5, 0.6) is 5.88 Å². The quantitative estimate of drug-likeness (QED) is 0.101. The van der Waals surface area contributed by atoms with E-state index in [4.69, 9.17) is 9.72 Å². The number of carbonyl (C=O) groups excluding carboxylic acids is 3. The van der Waals surface area contributed by atoms with Crippen LogP contribution in [0.4, 0.5) is 16.3 Å². The van der Waals surface area contributed by atoms with E-state index in [9.17, 15) is 9.59 Å². The molecule has 2 atom stereocenters. The Morgan fingerprint density at radius 2 is 1.51 bits per heavy atom. The Morgan fingerprint density at radius 3 is 2.15 bits per heavy atom. The average molecular weight is 782 g/mol. The third-order valence-electron chi connectivity index (χ3n) is 11.4. The van der Waals surface area contributed by atoms with Crippen molar-refractivity contribution in [3.63, 3.8) is 0 Å². The first kappa shape index (κ1) is 36.1. The first-order chi connectivity index (χ1) is 28.9. The minimum atomic E-state index is -1.25. The summed E-state index contributed by atoms with van der Waals surface area (Å²) in [7, 11) is 0. The molecule has 292 valence electrons. The van der Waals surface area contributed by atoms with Crippen LogP contribution < -0.4 is 15.0 Å². The topological polar surface area (TPSA) is 148 Å². The van der Waals surface area contributed by atoms with Gasteiger partial charge in [-0.15, -0.1) is 0 Å². The number of fused-ring (bicyclic) bond motifs is 1. The Morgan fingerprint density at radius 1 is 0.831 bits per heavy atom. The van der Waals surface area contributed by atoms with E-state index in [-0.39, 0.29) is 42.7 Å². The number of rotatable bonds is 12. The van der Waals surface area contributed by atoms with Gasteiger partial charge in [-0.3, -0.25) is 14.5 Å². The number of imidazole rings is 1. The monoisotopic (exact) mass is 781 g/mol. The van der Waals surface area contributed by atoms with Gasteiger partial charge in [-0.2, -0.15) is 0 Å². The van der Waals surface area contributed by atoms with Crippen molar-refractivity contribution < 1.29 is 19.1 Å². The van der Waals surface area contributed by atoms with Gasteiger partial charge in [-0.1, -0.05) is 91.0 Å². The van der Waals surface area contributed by atoms with Gasteiger partial charge in [-0.05, 0) is 66.5 Å². The summed E-state index contributed by atoms with van der Waals surface area (Å²) in [4.78, 5) is 68.0. The Kier molecular flexibility index (Phi) is 8.92. The number of aromatic nitrogens is 6. The molecule has 4 amide bonds. The largest absolute Gasteiger partial charge is 0.471 e. The number of aryl methyl sites for hydroxylation is 1. The second kappa shape index (κ2) is 14.6. The normalized spacial score (nSPS) is 17.7. The zero-order valence-electron chi connectivity index (χ0n) is 32.2. The molecule has 13 nitrogen and oxygen atoms in total. The summed E-state index contributed by atoms with van der Waals surface area (Å²) in [5.41, 5.74) is 4.71. The molecule has 2 aliphatic carbocycles. The highest BCUT2D eigenvalue weighted by Crippen LogP contribution is 2.48. The third-order valence-corrected chi connectivity index (χ3v) is 11.4. The number of amides is 4. The maximum atomic E-state index is 15.1. The van der Waals surface area contributed by atoms with Crippen molar-refractivity contribution in [2.24, 2.45) is 5.92 Å². The van der Waals surface area contributed by atoms with E-state index in [1.165, 1.54) is 11.2 Å². The number of imide groups is 1. The molecule has 0 spiro atoms. The van der Waals surface area contributed by atoms with E-state index < -0.39 is 11.6 Å². The Bertz CT molecular complexity index is 2630. The van der Waals surface area contributed by atoms with Crippen molar-refractivity contribution in [2.45, 2.75) is 50.2 Å². The van der Waals surface area contributed by atoms with Gasteiger partial charge in [0.1, 0.15) is 36.7 Å². The SMILES string of the molecule is Cc1ccnc(C2CC2C(=O)Nc2cc(OCc3cn4cc(C5CC5)cc(N5CC(=O)N(C(c6ccccc6)(c6ccccc6)c6ccccc6)C5=O)c4n3)ncn2)n1. The highest BCUT2D eigenvalue weighted by Gasteiger charge is 2.53. The molecule has 3 aromatic carbocycles. The summed E-state index contributed by atoms with van der Waals surface area (Å²) in [6.45, 7) is 1.79. The smallest absolute Gasteiger partial charge is 0.333 e. The van der Waals surface area contributed by atoms with Gasteiger partial charge in [0, 0.05) is 42.2 Å². The minimum absolute atomic E-state index is 0.0241. The maximum Gasteiger partial charge on any atom is 0.333 e. The molecular weight excluding hydrogens is 743 g/mol. The van der Waals surface area contributed by atoms with Crippen LogP contribution in [-0.2, 0) is 21.7 Å². The van der Waals surface area contributed by atoms with Crippen LogP contribution in [0.25, 0.3) is 5.65 Å². The van der Waals surface area contributed by atoms with Crippen molar-refractivity contribution in [1.29, 1.82) is 0 Å². The standard InChI is InChI=1S/C46H39N9O4/c1-29-19-20-47-42(50-29)36-22-37(36)44(57)52-39-23-40(49-28-48-39)59-27-35-25-53-24-31(30-17-18-30)21-38(43(53)51-35)54-26-41(56)55(45(54)58)46(32-11-5-2-6-12-32,33-13-7-3-8-14-33)34-15-9-4-10-16-34/h2-16,19-21,23-25,28,30,36-37H,17-18,22,26-27H2,1H3,(H,48,49,52,57). The highest BCUT2D eigenvalue weighted by atomic mass is 16.5. The van der Waals surface area contributed by atoms with Gasteiger partial charge in [0.15, 0.2) is 5.65 Å². The molecule has 10 rings (SSSR count). The van der Waals surface area contributed by atoms with Crippen LogP contribution in [0.2, 0.25) is 0 Å². The Hall–Kier alpha value is -7.28. The number of pyridine rings is 1. The molecule has 4 aromatic heterocycles. The van der Waals surface area contributed by atoms with Crippen LogP contribution in [0.3, 0.4) is 0 Å². The first-order valence-corrected chi connectivity index (χ1v) is 19.7. The number of carbonyl (C=O) groups is 3. The van der Waals surface area contributed by atoms with E-state index >= 15 is 4.79 Å². The minimum Gasteiger partial charge on any atom is -0.471 e. The van der Waals surface area contributed by atoms with E-state index in [1.807, 2.05) is 127 Å². The molecule has 7 aromatic rings. The van der Waals surface area contributed by atoms with Crippen molar-refractivity contribution in [1.82, 2.24) is 34.2 Å². The number of benzene rings is 3. The van der Waals surface area contributed by atoms with Crippen molar-refractivity contribution in [2.75, 3.05) is 16.8 Å². The lowest BCUT2D eigenvalue weighted by molar-refractivity contribution is -0.127. The van der Waals surface area contributed by atoms with Gasteiger partial charge >= 0.3 is 6.03 Å². The lowest BCUT2D eigenvalue weighted by Gasteiger charge is -2.42. The van der Waals surface area contributed by atoms with Gasteiger partial charge in [0.25, 0.3) is 5.91 Å². The fraction of sp³-hybridized carbons (Fsp3) is 0.217. The van der Waals surface area contributed by atoms with E-state index in [0.29, 0.717) is 41.0 Å². The summed E-state index contributed by atoms with van der Waals surface area (Å²) in [6, 6.07) is 34.1. The average Bonchev–Trinajstić information content (AvgIpc) is 4.20. The predicted molar refractivity (Wildman–Crippen MR) is 219 cm³/mol. The molecule has 1 saturated heterocycles. The molecule has 0 bridgehead atoms. The summed E-state index contributed by atoms with van der Waals surface area (Å²) in [6.07, 6.45) is 9.72. The molecular formula is C46H39N9O4. The molecule has 1 aliphatic heterocycles. The number of anilines is 2. The number of nitrogens with one attached hydrogen (secondary N) is 1. The summed E-state index contributed by atoms with van der Waals surface area (Å²) in [5, 5.41) is 2.88. The molecule has 0 radical (unpaired) electrons. The summed E-state index contributed by atoms with van der Waals surface area (Å²) >= 11 is 0. The summed E-state index contributed by atoms with van der Waals surface area (Å²) < 4.78 is 8.00. The molecule has 1 N–H and O–H groups in total. The molecule has 13 heteroatoms. The fourth-order valence-electron chi connectivity index (χ4n) is 8.28. The van der Waals surface area contributed by atoms with Crippen molar-refractivity contribution in [3.05, 3.63) is 174 Å². The molecule has 3 aliphatic rings. The molecule has 5 heterocycles. The molecule has 3 fully saturated rings. The predicted octanol–water partition coefficient (Wildman–Crippen LogP) is 7.18. The van der Waals surface area contributed by atoms with Crippen LogP contribution in [0.15, 0.2) is 134 Å². The second-order valence-electron chi connectivity index (χ2n) is 15.3. The van der Waals surface area contributed by atoms with E-state index in [2.05, 4.69) is 25.3 Å². The van der Waals surface area contributed by atoms with Crippen molar-refractivity contribution >= 4 is 35.0 Å².